The molecule has 1 aliphatic carbocycles. The van der Waals surface area contributed by atoms with E-state index >= 15 is 0 Å². The van der Waals surface area contributed by atoms with Crippen LogP contribution in [0.15, 0.2) is 54.6 Å². The van der Waals surface area contributed by atoms with Gasteiger partial charge < -0.3 is 19.4 Å². The van der Waals surface area contributed by atoms with Crippen molar-refractivity contribution in [1.82, 2.24) is 4.90 Å². The van der Waals surface area contributed by atoms with Gasteiger partial charge in [0.25, 0.3) is 5.91 Å². The van der Waals surface area contributed by atoms with Crippen molar-refractivity contribution in [2.75, 3.05) is 44.7 Å². The van der Waals surface area contributed by atoms with Crippen molar-refractivity contribution in [3.8, 4) is 5.75 Å². The highest BCUT2D eigenvalue weighted by Gasteiger charge is 2.36. The molecule has 1 saturated heterocycles. The minimum Gasteiger partial charge on any atom is -0.497 e. The van der Waals surface area contributed by atoms with Crippen molar-refractivity contribution in [1.29, 1.82) is 0 Å². The average Bonchev–Trinajstić information content (AvgIpc) is 3.60. The summed E-state index contributed by atoms with van der Waals surface area (Å²) >= 11 is 0. The summed E-state index contributed by atoms with van der Waals surface area (Å²) in [6, 6.07) is 19.4. The van der Waals surface area contributed by atoms with E-state index in [9.17, 15) is 4.79 Å². The van der Waals surface area contributed by atoms with Gasteiger partial charge in [0.05, 0.1) is 13.2 Å². The van der Waals surface area contributed by atoms with Crippen molar-refractivity contribution in [2.45, 2.75) is 25.4 Å². The Balaban J connectivity index is 1.31. The standard InChI is InChI=1S/C23H29N3O2/c1-28-22-11-7-19(8-12-22)17-26(21-9-10-21)18-23(27)25-15-13-24(14-16-25)20-5-3-2-4-6-20/h2-8,11-12,21H,9-10,13-18H2,1H3/p+1. The van der Waals surface area contributed by atoms with Crippen LogP contribution in [-0.2, 0) is 11.3 Å². The van der Waals surface area contributed by atoms with Crippen LogP contribution >= 0.6 is 0 Å². The predicted molar refractivity (Wildman–Crippen MR) is 111 cm³/mol. The summed E-state index contributed by atoms with van der Waals surface area (Å²) in [6.45, 7) is 4.95. The Labute approximate surface area is 167 Å². The Bertz CT molecular complexity index is 766. The highest BCUT2D eigenvalue weighted by molar-refractivity contribution is 5.77. The molecule has 148 valence electrons. The Hall–Kier alpha value is -2.53. The van der Waals surface area contributed by atoms with E-state index in [0.717, 1.165) is 38.5 Å². The van der Waals surface area contributed by atoms with Crippen molar-refractivity contribution in [3.05, 3.63) is 60.2 Å². The largest absolute Gasteiger partial charge is 0.497 e. The summed E-state index contributed by atoms with van der Waals surface area (Å²) in [4.78, 5) is 18.8. The molecule has 0 spiro atoms. The van der Waals surface area contributed by atoms with Gasteiger partial charge in [-0.2, -0.15) is 0 Å². The lowest BCUT2D eigenvalue weighted by Crippen LogP contribution is -3.13. The third-order valence-corrected chi connectivity index (χ3v) is 5.88. The number of ether oxygens (including phenoxy) is 1. The zero-order valence-electron chi connectivity index (χ0n) is 16.6. The van der Waals surface area contributed by atoms with Crippen molar-refractivity contribution in [3.63, 3.8) is 0 Å². The first-order chi connectivity index (χ1) is 13.7. The van der Waals surface area contributed by atoms with Gasteiger partial charge in [0.2, 0.25) is 0 Å². The average molecular weight is 381 g/mol. The van der Waals surface area contributed by atoms with Crippen LogP contribution < -0.4 is 14.5 Å². The van der Waals surface area contributed by atoms with Crippen LogP contribution in [0.25, 0.3) is 0 Å². The first kappa shape index (κ1) is 18.8. The van der Waals surface area contributed by atoms with Gasteiger partial charge in [0, 0.05) is 50.3 Å². The predicted octanol–water partition coefficient (Wildman–Crippen LogP) is 1.59. The maximum atomic E-state index is 12.9. The van der Waals surface area contributed by atoms with Gasteiger partial charge in [-0.3, -0.25) is 4.79 Å². The maximum Gasteiger partial charge on any atom is 0.277 e. The number of carbonyl (C=O) groups is 1. The highest BCUT2D eigenvalue weighted by atomic mass is 16.5. The smallest absolute Gasteiger partial charge is 0.277 e. The van der Waals surface area contributed by atoms with Gasteiger partial charge in [-0.05, 0) is 36.4 Å². The topological polar surface area (TPSA) is 37.2 Å². The number of rotatable bonds is 7. The molecule has 1 amide bonds. The van der Waals surface area contributed by atoms with Crippen LogP contribution in [0.1, 0.15) is 18.4 Å². The molecule has 5 nitrogen and oxygen atoms in total. The molecule has 1 saturated carbocycles. The number of hydrogen-bond donors (Lipinski definition) is 1. The van der Waals surface area contributed by atoms with Crippen LogP contribution in [0.4, 0.5) is 5.69 Å². The van der Waals surface area contributed by atoms with Crippen LogP contribution in [0.3, 0.4) is 0 Å². The van der Waals surface area contributed by atoms with Crippen molar-refractivity contribution in [2.24, 2.45) is 0 Å². The van der Waals surface area contributed by atoms with E-state index in [1.54, 1.807) is 7.11 Å². The number of amides is 1. The zero-order valence-corrected chi connectivity index (χ0v) is 16.6. The molecule has 0 radical (unpaired) electrons. The van der Waals surface area contributed by atoms with Gasteiger partial charge in [-0.15, -0.1) is 0 Å². The zero-order chi connectivity index (χ0) is 19.3. The molecule has 1 aliphatic heterocycles. The fraction of sp³-hybridized carbons (Fsp3) is 0.435. The van der Waals surface area contributed by atoms with Crippen LogP contribution in [0.2, 0.25) is 0 Å². The maximum absolute atomic E-state index is 12.9. The number of para-hydroxylation sites is 1. The monoisotopic (exact) mass is 380 g/mol. The number of quaternary nitrogens is 1. The fourth-order valence-electron chi connectivity index (χ4n) is 4.01. The molecule has 2 aromatic carbocycles. The molecule has 2 aromatic rings. The second-order valence-electron chi connectivity index (χ2n) is 7.84. The molecule has 5 heteroatoms. The molecule has 1 atom stereocenters. The first-order valence-corrected chi connectivity index (χ1v) is 10.3. The number of carbonyl (C=O) groups excluding carboxylic acids is 1. The van der Waals surface area contributed by atoms with E-state index in [0.29, 0.717) is 18.5 Å². The summed E-state index contributed by atoms with van der Waals surface area (Å²) in [5, 5.41) is 0. The Morgan fingerprint density at radius 2 is 1.68 bits per heavy atom. The molecule has 0 aromatic heterocycles. The Morgan fingerprint density at radius 3 is 2.29 bits per heavy atom. The Morgan fingerprint density at radius 1 is 1.00 bits per heavy atom. The number of methoxy groups -OCH3 is 1. The molecular weight excluding hydrogens is 350 g/mol. The minimum atomic E-state index is 0.295. The van der Waals surface area contributed by atoms with E-state index in [2.05, 4.69) is 46.2 Å². The van der Waals surface area contributed by atoms with Gasteiger partial charge in [0.15, 0.2) is 6.54 Å². The van der Waals surface area contributed by atoms with E-state index in [1.165, 1.54) is 29.0 Å². The number of benzene rings is 2. The molecule has 1 unspecified atom stereocenters. The Kier molecular flexibility index (Phi) is 5.81. The van der Waals surface area contributed by atoms with E-state index < -0.39 is 0 Å². The summed E-state index contributed by atoms with van der Waals surface area (Å²) in [5.74, 6) is 1.17. The quantitative estimate of drug-likeness (QED) is 0.793. The lowest BCUT2D eigenvalue weighted by Gasteiger charge is -2.36. The molecule has 2 aliphatic rings. The molecule has 1 heterocycles. The number of anilines is 1. The normalized spacial score (nSPS) is 18.0. The first-order valence-electron chi connectivity index (χ1n) is 10.3. The minimum absolute atomic E-state index is 0.295. The van der Waals surface area contributed by atoms with Gasteiger partial charge >= 0.3 is 0 Å². The number of nitrogens with one attached hydrogen (secondary N) is 1. The van der Waals surface area contributed by atoms with Gasteiger partial charge in [-0.1, -0.05) is 18.2 Å². The molecule has 0 bridgehead atoms. The number of hydrogen-bond acceptors (Lipinski definition) is 3. The fourth-order valence-corrected chi connectivity index (χ4v) is 4.01. The molecule has 4 rings (SSSR count). The van der Waals surface area contributed by atoms with Crippen LogP contribution in [0.5, 0.6) is 5.75 Å². The lowest BCUT2D eigenvalue weighted by molar-refractivity contribution is -0.917. The van der Waals surface area contributed by atoms with Crippen LogP contribution in [0, 0.1) is 0 Å². The molecule has 1 N–H and O–H groups in total. The summed E-state index contributed by atoms with van der Waals surface area (Å²) in [6.07, 6.45) is 2.47. The summed E-state index contributed by atoms with van der Waals surface area (Å²) < 4.78 is 5.25. The third kappa shape index (κ3) is 4.65. The van der Waals surface area contributed by atoms with Crippen molar-refractivity contribution < 1.29 is 14.4 Å². The molecule has 2 fully saturated rings. The number of nitrogens with zero attached hydrogens (tertiary/aromatic N) is 2. The van der Waals surface area contributed by atoms with Crippen LogP contribution in [-0.4, -0.2) is 56.7 Å². The highest BCUT2D eigenvalue weighted by Crippen LogP contribution is 2.18. The lowest BCUT2D eigenvalue weighted by atomic mass is 10.2. The molecule has 28 heavy (non-hydrogen) atoms. The van der Waals surface area contributed by atoms with Gasteiger partial charge in [0.1, 0.15) is 12.3 Å². The number of piperazine rings is 1. The summed E-state index contributed by atoms with van der Waals surface area (Å²) in [7, 11) is 1.69. The van der Waals surface area contributed by atoms with E-state index in [-0.39, 0.29) is 0 Å². The third-order valence-electron chi connectivity index (χ3n) is 5.88. The molecular formula is C23H30N3O2+. The van der Waals surface area contributed by atoms with E-state index in [1.807, 2.05) is 18.2 Å². The second kappa shape index (κ2) is 8.65. The van der Waals surface area contributed by atoms with Gasteiger partial charge in [-0.25, -0.2) is 0 Å². The van der Waals surface area contributed by atoms with Crippen molar-refractivity contribution >= 4 is 11.6 Å². The SMILES string of the molecule is COc1ccc(C[NH+](CC(=O)N2CCN(c3ccccc3)CC2)C2CC2)cc1. The summed E-state index contributed by atoms with van der Waals surface area (Å²) in [5.41, 5.74) is 2.52. The van der Waals surface area contributed by atoms with E-state index in [4.69, 9.17) is 4.74 Å². The second-order valence-corrected chi connectivity index (χ2v) is 7.84.